The number of nitrogens with one attached hydrogen (secondary N) is 3. The van der Waals surface area contributed by atoms with Crippen molar-refractivity contribution in [3.05, 3.63) is 65.2 Å². The molecule has 0 spiro atoms. The van der Waals surface area contributed by atoms with Crippen molar-refractivity contribution >= 4 is 56.0 Å². The number of nitrogens with zero attached hydrogens (tertiary/aromatic N) is 4. The Morgan fingerprint density at radius 2 is 1.79 bits per heavy atom. The fourth-order valence-corrected chi connectivity index (χ4v) is 5.68. The van der Waals surface area contributed by atoms with Crippen LogP contribution in [0.1, 0.15) is 18.4 Å². The number of hydrogen-bond acceptors (Lipinski definition) is 9. The fourth-order valence-electron chi connectivity index (χ4n) is 4.75. The standard InChI is InChI=1S/C27H24ClF3N8O3S/c28-17-9-15(10-19(11-17)43(32,41)42)12-34-25-36-21-6-5-20(16-1-3-18(4-2-16)39-14-33-13-22(39)40)35-23(21)24(37-25)38-26(7-8-26)27(29,30)31/h1-6,9-11,33H,7-8,12-14H2,(H2,32,41,42)(H2,34,36,37,38). The Balaban J connectivity index is 1.34. The van der Waals surface area contributed by atoms with Gasteiger partial charge in [-0.15, -0.1) is 0 Å². The molecule has 224 valence electrons. The average molecular weight is 633 g/mol. The van der Waals surface area contributed by atoms with E-state index < -0.39 is 21.7 Å². The van der Waals surface area contributed by atoms with Gasteiger partial charge in [0.05, 0.1) is 29.3 Å². The molecule has 1 amide bonds. The lowest BCUT2D eigenvalue weighted by molar-refractivity contribution is -0.151. The Bertz CT molecular complexity index is 1850. The van der Waals surface area contributed by atoms with Crippen molar-refractivity contribution in [1.82, 2.24) is 20.3 Å². The number of primary sulfonamides is 1. The molecule has 1 saturated heterocycles. The van der Waals surface area contributed by atoms with E-state index in [4.69, 9.17) is 16.7 Å². The summed E-state index contributed by atoms with van der Waals surface area (Å²) in [5.74, 6) is -0.161. The molecule has 2 aromatic carbocycles. The van der Waals surface area contributed by atoms with Gasteiger partial charge in [0.2, 0.25) is 21.9 Å². The Hall–Kier alpha value is -4.05. The van der Waals surface area contributed by atoms with E-state index in [1.54, 1.807) is 41.3 Å². The number of carbonyl (C=O) groups excluding carboxylic acids is 1. The number of pyridine rings is 1. The summed E-state index contributed by atoms with van der Waals surface area (Å²) in [6.45, 7) is 0.668. The van der Waals surface area contributed by atoms with E-state index in [2.05, 4.69) is 30.9 Å². The maximum Gasteiger partial charge on any atom is 0.411 e. The number of benzene rings is 2. The zero-order chi connectivity index (χ0) is 30.6. The average Bonchev–Trinajstić information content (AvgIpc) is 3.63. The van der Waals surface area contributed by atoms with E-state index in [0.717, 1.165) is 0 Å². The van der Waals surface area contributed by atoms with E-state index >= 15 is 0 Å². The van der Waals surface area contributed by atoms with Crippen LogP contribution in [0, 0.1) is 0 Å². The lowest BCUT2D eigenvalue weighted by Crippen LogP contribution is -2.39. The molecule has 0 radical (unpaired) electrons. The van der Waals surface area contributed by atoms with Gasteiger partial charge in [-0.05, 0) is 60.9 Å². The lowest BCUT2D eigenvalue weighted by atomic mass is 10.1. The second kappa shape index (κ2) is 10.6. The van der Waals surface area contributed by atoms with Gasteiger partial charge in [-0.1, -0.05) is 23.7 Å². The van der Waals surface area contributed by atoms with Crippen LogP contribution < -0.4 is 26.0 Å². The van der Waals surface area contributed by atoms with E-state index in [9.17, 15) is 26.4 Å². The van der Waals surface area contributed by atoms with Crippen molar-refractivity contribution in [3.8, 4) is 11.3 Å². The first-order chi connectivity index (χ1) is 20.3. The molecule has 6 rings (SSSR count). The maximum atomic E-state index is 13.9. The third-order valence-corrected chi connectivity index (χ3v) is 8.34. The van der Waals surface area contributed by atoms with Crippen LogP contribution >= 0.6 is 11.6 Å². The second-order valence-electron chi connectivity index (χ2n) is 10.3. The molecule has 0 bridgehead atoms. The molecule has 16 heteroatoms. The molecule has 11 nitrogen and oxygen atoms in total. The molecule has 5 N–H and O–H groups in total. The summed E-state index contributed by atoms with van der Waals surface area (Å²) in [5.41, 5.74) is 0.595. The van der Waals surface area contributed by atoms with Gasteiger partial charge in [0.15, 0.2) is 5.82 Å². The predicted octanol–water partition coefficient (Wildman–Crippen LogP) is 4.01. The largest absolute Gasteiger partial charge is 0.411 e. The third-order valence-electron chi connectivity index (χ3n) is 7.22. The van der Waals surface area contributed by atoms with Gasteiger partial charge in [0.1, 0.15) is 11.1 Å². The first-order valence-corrected chi connectivity index (χ1v) is 15.0. The van der Waals surface area contributed by atoms with Crippen molar-refractivity contribution in [1.29, 1.82) is 0 Å². The second-order valence-corrected chi connectivity index (χ2v) is 12.3. The molecule has 43 heavy (non-hydrogen) atoms. The highest BCUT2D eigenvalue weighted by atomic mass is 35.5. The minimum Gasteiger partial charge on any atom is -0.354 e. The summed E-state index contributed by atoms with van der Waals surface area (Å²) in [4.78, 5) is 26.8. The minimum atomic E-state index is -4.52. The van der Waals surface area contributed by atoms with Crippen molar-refractivity contribution in [3.63, 3.8) is 0 Å². The molecule has 1 aliphatic carbocycles. The number of aromatic nitrogens is 3. The summed E-state index contributed by atoms with van der Waals surface area (Å²) in [6, 6.07) is 14.5. The number of rotatable bonds is 8. The molecule has 2 fully saturated rings. The van der Waals surface area contributed by atoms with Crippen LogP contribution in [0.5, 0.6) is 0 Å². The number of nitrogens with two attached hydrogens (primary N) is 1. The van der Waals surface area contributed by atoms with E-state index in [1.807, 2.05) is 0 Å². The van der Waals surface area contributed by atoms with Crippen molar-refractivity contribution in [2.75, 3.05) is 28.7 Å². The van der Waals surface area contributed by atoms with E-state index in [1.165, 1.54) is 18.2 Å². The molecule has 1 saturated carbocycles. The van der Waals surface area contributed by atoms with Gasteiger partial charge in [-0.25, -0.2) is 23.5 Å². The Kier molecular flexibility index (Phi) is 7.15. The normalized spacial score (nSPS) is 16.5. The Morgan fingerprint density at radius 1 is 1.05 bits per heavy atom. The summed E-state index contributed by atoms with van der Waals surface area (Å²) in [6.07, 6.45) is -4.75. The van der Waals surface area contributed by atoms with Crippen LogP contribution in [-0.4, -0.2) is 54.2 Å². The first-order valence-electron chi connectivity index (χ1n) is 13.0. The summed E-state index contributed by atoms with van der Waals surface area (Å²) >= 11 is 6.05. The molecule has 3 heterocycles. The predicted molar refractivity (Wildman–Crippen MR) is 155 cm³/mol. The van der Waals surface area contributed by atoms with Gasteiger partial charge in [-0.2, -0.15) is 18.2 Å². The fraction of sp³-hybridized carbons (Fsp3) is 0.259. The van der Waals surface area contributed by atoms with Gasteiger partial charge < -0.3 is 10.6 Å². The number of hydrogen-bond donors (Lipinski definition) is 4. The van der Waals surface area contributed by atoms with Gasteiger partial charge in [0.25, 0.3) is 0 Å². The Morgan fingerprint density at radius 3 is 2.42 bits per heavy atom. The first kappa shape index (κ1) is 29.0. The number of sulfonamides is 1. The number of fused-ring (bicyclic) bond motifs is 1. The van der Waals surface area contributed by atoms with Crippen molar-refractivity contribution in [2.45, 2.75) is 36.0 Å². The van der Waals surface area contributed by atoms with Crippen LogP contribution in [0.3, 0.4) is 0 Å². The molecular weight excluding hydrogens is 609 g/mol. The number of halogens is 4. The molecule has 2 aliphatic rings. The Labute approximate surface area is 248 Å². The minimum absolute atomic E-state index is 0.00530. The topological polar surface area (TPSA) is 155 Å². The highest BCUT2D eigenvalue weighted by Gasteiger charge is 2.64. The van der Waals surface area contributed by atoms with Crippen LogP contribution in [0.25, 0.3) is 22.3 Å². The molecule has 0 atom stereocenters. The van der Waals surface area contributed by atoms with Gasteiger partial charge in [-0.3, -0.25) is 15.0 Å². The SMILES string of the molecule is NS(=O)(=O)c1cc(Cl)cc(CNc2nc(NC3(C(F)(F)F)CC3)c3nc(-c4ccc(N5CNCC5=O)cc4)ccc3n2)c1. The third kappa shape index (κ3) is 5.93. The number of alkyl halides is 3. The smallest absolute Gasteiger partial charge is 0.354 e. The highest BCUT2D eigenvalue weighted by molar-refractivity contribution is 7.89. The molecule has 2 aromatic heterocycles. The van der Waals surface area contributed by atoms with Crippen LogP contribution in [0.15, 0.2) is 59.5 Å². The molecule has 0 unspecified atom stereocenters. The maximum absolute atomic E-state index is 13.9. The van der Waals surface area contributed by atoms with E-state index in [-0.39, 0.29) is 64.6 Å². The zero-order valence-corrected chi connectivity index (χ0v) is 23.8. The van der Waals surface area contributed by atoms with Crippen molar-refractivity contribution < 1.29 is 26.4 Å². The molecule has 4 aromatic rings. The lowest BCUT2D eigenvalue weighted by Gasteiger charge is -2.22. The van der Waals surface area contributed by atoms with Gasteiger partial charge in [0, 0.05) is 22.8 Å². The quantitative estimate of drug-likeness (QED) is 0.225. The number of amides is 1. The summed E-state index contributed by atoms with van der Waals surface area (Å²) in [7, 11) is -4.02. The van der Waals surface area contributed by atoms with Gasteiger partial charge >= 0.3 is 6.18 Å². The summed E-state index contributed by atoms with van der Waals surface area (Å²) < 4.78 is 65.3. The van der Waals surface area contributed by atoms with Crippen LogP contribution in [0.4, 0.5) is 30.6 Å². The molecular formula is C27H24ClF3N8O3S. The van der Waals surface area contributed by atoms with Crippen LogP contribution in [-0.2, 0) is 21.4 Å². The highest BCUT2D eigenvalue weighted by Crippen LogP contribution is 2.51. The van der Waals surface area contributed by atoms with Crippen molar-refractivity contribution in [2.24, 2.45) is 5.14 Å². The van der Waals surface area contributed by atoms with E-state index in [0.29, 0.717) is 29.2 Å². The zero-order valence-electron chi connectivity index (χ0n) is 22.2. The molecule has 1 aliphatic heterocycles. The summed E-state index contributed by atoms with van der Waals surface area (Å²) in [5, 5.41) is 13.8. The number of carbonyl (C=O) groups is 1. The monoisotopic (exact) mass is 632 g/mol. The van der Waals surface area contributed by atoms with Crippen LogP contribution in [0.2, 0.25) is 5.02 Å². The number of anilines is 3.